The lowest BCUT2D eigenvalue weighted by Crippen LogP contribution is -2.28. The lowest BCUT2D eigenvalue weighted by atomic mass is 10.1. The van der Waals surface area contributed by atoms with Crippen LogP contribution in [0.5, 0.6) is 0 Å². The fraction of sp³-hybridized carbons (Fsp3) is 0.500. The highest BCUT2D eigenvalue weighted by atomic mass is 16.2. The molecule has 0 radical (unpaired) electrons. The Bertz CT molecular complexity index is 533. The summed E-state index contributed by atoms with van der Waals surface area (Å²) in [5, 5.41) is 3.06. The summed E-state index contributed by atoms with van der Waals surface area (Å²) < 4.78 is 0. The van der Waals surface area contributed by atoms with Gasteiger partial charge in [0, 0.05) is 25.2 Å². The molecule has 1 aliphatic heterocycles. The van der Waals surface area contributed by atoms with Crippen LogP contribution in [0, 0.1) is 13.8 Å². The van der Waals surface area contributed by atoms with E-state index in [0.717, 1.165) is 31.6 Å². The van der Waals surface area contributed by atoms with Crippen molar-refractivity contribution in [3.63, 3.8) is 0 Å². The predicted molar refractivity (Wildman–Crippen MR) is 86.5 cm³/mol. The first-order chi connectivity index (χ1) is 10.1. The van der Waals surface area contributed by atoms with Crippen molar-refractivity contribution in [1.82, 2.24) is 4.90 Å². The summed E-state index contributed by atoms with van der Waals surface area (Å²) in [7, 11) is 0. The number of nitrogens with two attached hydrogens (primary N) is 1. The number of aliphatic imine (C=N–C) groups is 1. The zero-order chi connectivity index (χ0) is 15.2. The quantitative estimate of drug-likeness (QED) is 0.658. The maximum Gasteiger partial charge on any atom is 0.224 e. The van der Waals surface area contributed by atoms with Gasteiger partial charge in [-0.3, -0.25) is 9.79 Å². The topological polar surface area (TPSA) is 70.7 Å². The first-order valence-corrected chi connectivity index (χ1v) is 7.48. The van der Waals surface area contributed by atoms with Crippen LogP contribution < -0.4 is 11.1 Å². The summed E-state index contributed by atoms with van der Waals surface area (Å²) in [6.07, 6.45) is 2.66. The lowest BCUT2D eigenvalue weighted by Gasteiger charge is -2.14. The van der Waals surface area contributed by atoms with Gasteiger partial charge in [-0.15, -0.1) is 0 Å². The Labute approximate surface area is 126 Å². The minimum absolute atomic E-state index is 0.176. The fourth-order valence-electron chi connectivity index (χ4n) is 2.40. The molecule has 0 atom stereocenters. The third-order valence-corrected chi connectivity index (χ3v) is 3.85. The number of benzene rings is 1. The first kappa shape index (κ1) is 15.4. The van der Waals surface area contributed by atoms with Crippen molar-refractivity contribution in [3.8, 4) is 0 Å². The molecule has 1 saturated heterocycles. The van der Waals surface area contributed by atoms with Crippen molar-refractivity contribution in [2.24, 2.45) is 10.7 Å². The Morgan fingerprint density at radius 1 is 1.29 bits per heavy atom. The zero-order valence-electron chi connectivity index (χ0n) is 12.9. The third-order valence-electron chi connectivity index (χ3n) is 3.85. The SMILES string of the molecule is Cc1ccc(NC(N)=NCCC(=O)N2CCCC2)cc1C. The number of carbonyl (C=O) groups excluding carboxylic acids is 1. The van der Waals surface area contributed by atoms with Gasteiger partial charge in [0.05, 0.1) is 6.54 Å². The first-order valence-electron chi connectivity index (χ1n) is 7.48. The van der Waals surface area contributed by atoms with Crippen LogP contribution in [0.4, 0.5) is 5.69 Å². The third kappa shape index (κ3) is 4.48. The second kappa shape index (κ2) is 7.11. The van der Waals surface area contributed by atoms with Gasteiger partial charge in [0.2, 0.25) is 5.91 Å². The molecule has 1 aliphatic rings. The molecule has 0 aromatic heterocycles. The van der Waals surface area contributed by atoms with Crippen molar-refractivity contribution < 1.29 is 4.79 Å². The molecule has 3 N–H and O–H groups in total. The molecule has 5 nitrogen and oxygen atoms in total. The molecule has 2 rings (SSSR count). The summed E-state index contributed by atoms with van der Waals surface area (Å²) in [6, 6.07) is 6.05. The molecule has 114 valence electrons. The van der Waals surface area contributed by atoms with Gasteiger partial charge in [0.1, 0.15) is 0 Å². The fourth-order valence-corrected chi connectivity index (χ4v) is 2.40. The normalized spacial score (nSPS) is 15.3. The smallest absolute Gasteiger partial charge is 0.224 e. The van der Waals surface area contributed by atoms with Gasteiger partial charge in [-0.25, -0.2) is 0 Å². The Kier molecular flexibility index (Phi) is 5.20. The van der Waals surface area contributed by atoms with Gasteiger partial charge in [0.25, 0.3) is 0 Å². The number of guanidine groups is 1. The number of aryl methyl sites for hydroxylation is 2. The van der Waals surface area contributed by atoms with Gasteiger partial charge in [-0.2, -0.15) is 0 Å². The Balaban J connectivity index is 1.80. The van der Waals surface area contributed by atoms with Crippen LogP contribution in [-0.4, -0.2) is 36.4 Å². The molecule has 0 bridgehead atoms. The van der Waals surface area contributed by atoms with Crippen molar-refractivity contribution in [3.05, 3.63) is 29.3 Å². The largest absolute Gasteiger partial charge is 0.370 e. The van der Waals surface area contributed by atoms with Crippen LogP contribution in [0.15, 0.2) is 23.2 Å². The highest BCUT2D eigenvalue weighted by Crippen LogP contribution is 2.13. The minimum Gasteiger partial charge on any atom is -0.370 e. The molecule has 1 aromatic rings. The van der Waals surface area contributed by atoms with E-state index in [1.165, 1.54) is 11.1 Å². The molecular weight excluding hydrogens is 264 g/mol. The summed E-state index contributed by atoms with van der Waals surface area (Å²) in [5.41, 5.74) is 9.22. The number of rotatable bonds is 4. The van der Waals surface area contributed by atoms with E-state index in [9.17, 15) is 4.79 Å². The van der Waals surface area contributed by atoms with Gasteiger partial charge in [0.15, 0.2) is 5.96 Å². The number of carbonyl (C=O) groups is 1. The Hall–Kier alpha value is -2.04. The molecule has 5 heteroatoms. The van der Waals surface area contributed by atoms with E-state index in [2.05, 4.69) is 24.2 Å². The summed E-state index contributed by atoms with van der Waals surface area (Å²) >= 11 is 0. The van der Waals surface area contributed by atoms with Gasteiger partial charge < -0.3 is 16.0 Å². The number of nitrogens with zero attached hydrogens (tertiary/aromatic N) is 2. The molecule has 21 heavy (non-hydrogen) atoms. The van der Waals surface area contributed by atoms with Crippen LogP contribution in [0.25, 0.3) is 0 Å². The van der Waals surface area contributed by atoms with Crippen molar-refractivity contribution in [2.75, 3.05) is 25.0 Å². The second-order valence-corrected chi connectivity index (χ2v) is 5.53. The molecule has 1 fully saturated rings. The highest BCUT2D eigenvalue weighted by Gasteiger charge is 2.16. The second-order valence-electron chi connectivity index (χ2n) is 5.53. The molecular formula is C16H24N4O. The molecule has 1 heterocycles. The van der Waals surface area contributed by atoms with Crippen LogP contribution in [0.2, 0.25) is 0 Å². The van der Waals surface area contributed by atoms with Crippen molar-refractivity contribution >= 4 is 17.6 Å². The van der Waals surface area contributed by atoms with E-state index < -0.39 is 0 Å². The van der Waals surface area contributed by atoms with Crippen molar-refractivity contribution in [2.45, 2.75) is 33.1 Å². The summed E-state index contributed by atoms with van der Waals surface area (Å²) in [4.78, 5) is 18.0. The minimum atomic E-state index is 0.176. The maximum atomic E-state index is 11.9. The van der Waals surface area contributed by atoms with Crippen LogP contribution >= 0.6 is 0 Å². The monoisotopic (exact) mass is 288 g/mol. The molecule has 0 unspecified atom stereocenters. The number of likely N-dealkylation sites (tertiary alicyclic amines) is 1. The number of nitrogens with one attached hydrogen (secondary N) is 1. The zero-order valence-corrected chi connectivity index (χ0v) is 12.9. The number of hydrogen-bond acceptors (Lipinski definition) is 2. The summed E-state index contributed by atoms with van der Waals surface area (Å²) in [6.45, 7) is 6.33. The molecule has 0 aliphatic carbocycles. The van der Waals surface area contributed by atoms with Gasteiger partial charge in [-0.05, 0) is 49.9 Å². The summed E-state index contributed by atoms with van der Waals surface area (Å²) in [5.74, 6) is 0.530. The average Bonchev–Trinajstić information content (AvgIpc) is 2.97. The molecule has 0 saturated carbocycles. The molecule has 0 spiro atoms. The average molecular weight is 288 g/mol. The lowest BCUT2D eigenvalue weighted by molar-refractivity contribution is -0.129. The molecule has 1 amide bonds. The number of anilines is 1. The van der Waals surface area contributed by atoms with E-state index in [4.69, 9.17) is 5.73 Å². The van der Waals surface area contributed by atoms with Crippen LogP contribution in [0.1, 0.15) is 30.4 Å². The standard InChI is InChI=1S/C16H24N4O/c1-12-5-6-14(11-13(12)2)19-16(17)18-8-7-15(21)20-9-3-4-10-20/h5-6,11H,3-4,7-10H2,1-2H3,(H3,17,18,19). The predicted octanol–water partition coefficient (Wildman–Crippen LogP) is 2.04. The molecule has 1 aromatic carbocycles. The maximum absolute atomic E-state index is 11.9. The number of amides is 1. The highest BCUT2D eigenvalue weighted by molar-refractivity contribution is 5.92. The van der Waals surface area contributed by atoms with E-state index in [1.54, 1.807) is 0 Å². The van der Waals surface area contributed by atoms with E-state index in [0.29, 0.717) is 18.9 Å². The van der Waals surface area contributed by atoms with Crippen molar-refractivity contribution in [1.29, 1.82) is 0 Å². The number of hydrogen-bond donors (Lipinski definition) is 2. The Morgan fingerprint density at radius 3 is 2.67 bits per heavy atom. The van der Waals surface area contributed by atoms with E-state index in [1.807, 2.05) is 23.1 Å². The van der Waals surface area contributed by atoms with Crippen LogP contribution in [-0.2, 0) is 4.79 Å². The van der Waals surface area contributed by atoms with Crippen LogP contribution in [0.3, 0.4) is 0 Å². The van der Waals surface area contributed by atoms with E-state index in [-0.39, 0.29) is 5.91 Å². The van der Waals surface area contributed by atoms with E-state index >= 15 is 0 Å². The van der Waals surface area contributed by atoms with Gasteiger partial charge in [-0.1, -0.05) is 6.07 Å². The Morgan fingerprint density at radius 2 is 2.00 bits per heavy atom. The van der Waals surface area contributed by atoms with Gasteiger partial charge >= 0.3 is 0 Å².